The van der Waals surface area contributed by atoms with Gasteiger partial charge in [0.15, 0.2) is 0 Å². The maximum atomic E-state index is 2.78. The fourth-order valence-corrected chi connectivity index (χ4v) is 15.9. The average molecular weight is 923 g/mol. The molecule has 352 valence electrons. The Labute approximate surface area is 422 Å². The van der Waals surface area contributed by atoms with Crippen molar-refractivity contribution in [2.45, 2.75) is 133 Å². The predicted molar refractivity (Wildman–Crippen MR) is 297 cm³/mol. The first-order valence-corrected chi connectivity index (χ1v) is 27.1. The second kappa shape index (κ2) is 15.2. The molecule has 6 aliphatic carbocycles. The second-order valence-electron chi connectivity index (χ2n) is 23.4. The summed E-state index contributed by atoms with van der Waals surface area (Å²) in [5, 5.41) is 0. The van der Waals surface area contributed by atoms with E-state index in [9.17, 15) is 0 Å². The standard InChI is InChI=1S/C69H66N2/c1-7-34-69(71(48-24-14-10-15-25-48)50-31-33-54-52-27-17-19-29-58(52)66(5,6)62(54)40-50)44-46-38-56-55-37-45-43-68(8-2,59(45)41-63(55)67(35-20-11-21-36-67)64(56)42-60(46)69)70(47-22-12-9-13-23-47)49-30-32-53-51-26-16-18-28-57(51)65(3,4)61(53)39-49/h9-10,12-19,22-33,37-42H,7-8,11,20-21,34-36,43-44H2,1-6H3. The summed E-state index contributed by atoms with van der Waals surface area (Å²) in [7, 11) is 0. The highest BCUT2D eigenvalue weighted by Gasteiger charge is 2.55. The van der Waals surface area contributed by atoms with Gasteiger partial charge in [-0.15, -0.1) is 0 Å². The molecule has 1 saturated carbocycles. The lowest BCUT2D eigenvalue weighted by molar-refractivity contribution is 0.333. The zero-order valence-corrected chi connectivity index (χ0v) is 42.6. The lowest BCUT2D eigenvalue weighted by Crippen LogP contribution is -2.52. The highest BCUT2D eigenvalue weighted by molar-refractivity contribution is 5.89. The molecule has 0 radical (unpaired) electrons. The maximum absolute atomic E-state index is 2.78. The molecular formula is C69H66N2. The quantitative estimate of drug-likeness (QED) is 0.142. The van der Waals surface area contributed by atoms with Crippen LogP contribution in [0.1, 0.15) is 149 Å². The van der Waals surface area contributed by atoms with Gasteiger partial charge < -0.3 is 9.80 Å². The van der Waals surface area contributed by atoms with Gasteiger partial charge in [-0.3, -0.25) is 0 Å². The van der Waals surface area contributed by atoms with Crippen molar-refractivity contribution in [3.05, 3.63) is 225 Å². The first kappa shape index (κ1) is 43.2. The fourth-order valence-electron chi connectivity index (χ4n) is 15.9. The Bertz CT molecular complexity index is 3480. The lowest BCUT2D eigenvalue weighted by Gasteiger charge is -2.54. The molecule has 2 atom stereocenters. The number of hydrogen-bond donors (Lipinski definition) is 0. The molecule has 2 heteroatoms. The van der Waals surface area contributed by atoms with Crippen molar-refractivity contribution in [1.82, 2.24) is 0 Å². The van der Waals surface area contributed by atoms with Crippen molar-refractivity contribution in [3.8, 4) is 33.4 Å². The number of nitrogens with zero attached hydrogens (tertiary/aromatic N) is 2. The second-order valence-corrected chi connectivity index (χ2v) is 23.4. The Morgan fingerprint density at radius 3 is 1.30 bits per heavy atom. The molecule has 0 N–H and O–H groups in total. The number of fused-ring (bicyclic) bond motifs is 13. The Kier molecular flexibility index (Phi) is 9.24. The summed E-state index contributed by atoms with van der Waals surface area (Å²) in [5.74, 6) is 0. The molecular weight excluding hydrogens is 857 g/mol. The highest BCUT2D eigenvalue weighted by Crippen LogP contribution is 2.64. The molecule has 0 bridgehead atoms. The molecule has 2 nitrogen and oxygen atoms in total. The van der Waals surface area contributed by atoms with E-state index < -0.39 is 0 Å². The van der Waals surface area contributed by atoms with Crippen molar-refractivity contribution in [3.63, 3.8) is 0 Å². The number of benzene rings is 8. The molecule has 0 aliphatic heterocycles. The summed E-state index contributed by atoms with van der Waals surface area (Å²) in [6, 6.07) is 66.5. The summed E-state index contributed by atoms with van der Waals surface area (Å²) in [4.78, 5) is 5.52. The van der Waals surface area contributed by atoms with E-state index in [-0.39, 0.29) is 27.3 Å². The summed E-state index contributed by atoms with van der Waals surface area (Å²) in [5.41, 5.74) is 28.4. The van der Waals surface area contributed by atoms with Crippen molar-refractivity contribution in [2.24, 2.45) is 0 Å². The largest absolute Gasteiger partial charge is 0.331 e. The van der Waals surface area contributed by atoms with Crippen LogP contribution in [0.25, 0.3) is 33.4 Å². The molecule has 8 aromatic rings. The van der Waals surface area contributed by atoms with Gasteiger partial charge in [0.2, 0.25) is 0 Å². The number of hydrogen-bond acceptors (Lipinski definition) is 2. The first-order valence-electron chi connectivity index (χ1n) is 27.1. The van der Waals surface area contributed by atoms with Crippen LogP contribution in [0.5, 0.6) is 0 Å². The minimum Gasteiger partial charge on any atom is -0.331 e. The third-order valence-electron chi connectivity index (χ3n) is 19.3. The van der Waals surface area contributed by atoms with Crippen LogP contribution in [0.15, 0.2) is 170 Å². The van der Waals surface area contributed by atoms with E-state index in [1.54, 1.807) is 16.7 Å². The fraction of sp³-hybridized carbons (Fsp3) is 0.304. The Morgan fingerprint density at radius 1 is 0.366 bits per heavy atom. The molecule has 8 aromatic carbocycles. The predicted octanol–water partition coefficient (Wildman–Crippen LogP) is 17.9. The van der Waals surface area contributed by atoms with Crippen LogP contribution in [-0.2, 0) is 40.2 Å². The van der Waals surface area contributed by atoms with Crippen molar-refractivity contribution in [2.75, 3.05) is 9.80 Å². The molecule has 0 amide bonds. The zero-order valence-electron chi connectivity index (χ0n) is 42.6. The van der Waals surface area contributed by atoms with E-state index in [1.807, 2.05) is 0 Å². The molecule has 2 unspecified atom stereocenters. The maximum Gasteiger partial charge on any atom is 0.0745 e. The van der Waals surface area contributed by atoms with Crippen LogP contribution in [0, 0.1) is 0 Å². The van der Waals surface area contributed by atoms with Crippen LogP contribution in [0.4, 0.5) is 22.7 Å². The number of para-hydroxylation sites is 2. The van der Waals surface area contributed by atoms with Crippen LogP contribution < -0.4 is 9.80 Å². The van der Waals surface area contributed by atoms with E-state index in [2.05, 4.69) is 221 Å². The molecule has 1 fully saturated rings. The van der Waals surface area contributed by atoms with E-state index in [0.29, 0.717) is 0 Å². The third-order valence-corrected chi connectivity index (χ3v) is 19.3. The minimum atomic E-state index is -0.164. The zero-order chi connectivity index (χ0) is 48.1. The molecule has 0 heterocycles. The Morgan fingerprint density at radius 2 is 0.803 bits per heavy atom. The molecule has 1 spiro atoms. The summed E-state index contributed by atoms with van der Waals surface area (Å²) in [6.07, 6.45) is 11.6. The normalized spacial score (nSPS) is 21.3. The number of rotatable bonds is 9. The molecule has 0 saturated heterocycles. The van der Waals surface area contributed by atoms with Gasteiger partial charge in [0, 0.05) is 51.8 Å². The average Bonchev–Trinajstić information content (AvgIpc) is 3.88. The van der Waals surface area contributed by atoms with E-state index in [0.717, 1.165) is 32.1 Å². The first-order chi connectivity index (χ1) is 34.5. The van der Waals surface area contributed by atoms with Crippen molar-refractivity contribution < 1.29 is 0 Å². The number of anilines is 4. The van der Waals surface area contributed by atoms with Gasteiger partial charge in [0.1, 0.15) is 0 Å². The van der Waals surface area contributed by atoms with Gasteiger partial charge >= 0.3 is 0 Å². The van der Waals surface area contributed by atoms with Crippen LogP contribution in [-0.4, -0.2) is 0 Å². The molecule has 71 heavy (non-hydrogen) atoms. The highest BCUT2D eigenvalue weighted by atomic mass is 15.2. The van der Waals surface area contributed by atoms with E-state index in [4.69, 9.17) is 0 Å². The topological polar surface area (TPSA) is 6.48 Å². The van der Waals surface area contributed by atoms with Crippen LogP contribution >= 0.6 is 0 Å². The lowest BCUT2D eigenvalue weighted by atomic mass is 9.61. The summed E-state index contributed by atoms with van der Waals surface area (Å²) < 4.78 is 0. The smallest absolute Gasteiger partial charge is 0.0745 e. The monoisotopic (exact) mass is 923 g/mol. The van der Waals surface area contributed by atoms with Gasteiger partial charge in [0.25, 0.3) is 0 Å². The van der Waals surface area contributed by atoms with Crippen LogP contribution in [0.2, 0.25) is 0 Å². The Balaban J connectivity index is 0.904. The summed E-state index contributed by atoms with van der Waals surface area (Å²) in [6.45, 7) is 14.5. The molecule has 14 rings (SSSR count). The summed E-state index contributed by atoms with van der Waals surface area (Å²) >= 11 is 0. The van der Waals surface area contributed by atoms with E-state index >= 15 is 0 Å². The van der Waals surface area contributed by atoms with Gasteiger partial charge in [0.05, 0.1) is 11.1 Å². The van der Waals surface area contributed by atoms with Crippen molar-refractivity contribution >= 4 is 22.7 Å². The molecule has 0 aromatic heterocycles. The Hall–Kier alpha value is -6.64. The third kappa shape index (κ3) is 5.71. The van der Waals surface area contributed by atoms with Gasteiger partial charge in [-0.1, -0.05) is 189 Å². The molecule has 6 aliphatic rings. The van der Waals surface area contributed by atoms with E-state index in [1.165, 1.54) is 127 Å². The van der Waals surface area contributed by atoms with Crippen LogP contribution in [0.3, 0.4) is 0 Å². The van der Waals surface area contributed by atoms with Gasteiger partial charge in [-0.25, -0.2) is 0 Å². The van der Waals surface area contributed by atoms with Gasteiger partial charge in [-0.05, 0) is 163 Å². The minimum absolute atomic E-state index is 0.0114. The SMILES string of the molecule is CCCC1(N(c2ccccc2)c2ccc3c(c2)C(C)(C)c2ccccc2-3)Cc2cc3c(cc21)C1(CCCCC1)c1cc2c(cc1-3)CC2(CC)N(c1ccccc1)c1ccc2c(c1)C(C)(C)c1ccccc1-2. The van der Waals surface area contributed by atoms with Crippen molar-refractivity contribution in [1.29, 1.82) is 0 Å². The van der Waals surface area contributed by atoms with Gasteiger partial charge in [-0.2, -0.15) is 0 Å².